The van der Waals surface area contributed by atoms with Gasteiger partial charge >= 0.3 is 0 Å². The van der Waals surface area contributed by atoms with Gasteiger partial charge in [-0.15, -0.1) is 0 Å². The first kappa shape index (κ1) is 13.9. The summed E-state index contributed by atoms with van der Waals surface area (Å²) in [4.78, 5) is 4.98. The minimum atomic E-state index is -0.120. The molecule has 1 aliphatic heterocycles. The molecule has 0 aromatic carbocycles. The lowest BCUT2D eigenvalue weighted by molar-refractivity contribution is 0.116. The molecule has 0 amide bonds. The third-order valence-corrected chi connectivity index (χ3v) is 4.18. The van der Waals surface area contributed by atoms with Gasteiger partial charge < -0.3 is 15.5 Å². The highest BCUT2D eigenvalue weighted by atomic mass is 15.2. The Balaban J connectivity index is 2.53. The number of nitrogens with two attached hydrogens (primary N) is 1. The molecule has 0 radical (unpaired) electrons. The van der Waals surface area contributed by atoms with E-state index in [9.17, 15) is 0 Å². The van der Waals surface area contributed by atoms with Crippen molar-refractivity contribution in [2.24, 2.45) is 11.1 Å². The summed E-state index contributed by atoms with van der Waals surface area (Å²) in [6.45, 7) is 14.7. The predicted molar refractivity (Wildman–Crippen MR) is 70.6 cm³/mol. The van der Waals surface area contributed by atoms with Gasteiger partial charge in [-0.3, -0.25) is 0 Å². The van der Waals surface area contributed by atoms with E-state index >= 15 is 0 Å². The molecule has 0 aliphatic carbocycles. The van der Waals surface area contributed by atoms with Crippen molar-refractivity contribution in [3.63, 3.8) is 0 Å². The van der Waals surface area contributed by atoms with Gasteiger partial charge in [-0.2, -0.15) is 0 Å². The average molecular weight is 227 g/mol. The fraction of sp³-hybridized carbons (Fsp3) is 1.00. The van der Waals surface area contributed by atoms with Crippen LogP contribution in [0.25, 0.3) is 0 Å². The smallest absolute Gasteiger partial charge is 0.0161 e. The van der Waals surface area contributed by atoms with Crippen LogP contribution in [0, 0.1) is 5.41 Å². The SMILES string of the molecule is CN1CCCN(CC(C)(C)C(C)(C)N)CC1. The maximum absolute atomic E-state index is 6.26. The summed E-state index contributed by atoms with van der Waals surface area (Å²) in [5.74, 6) is 0. The van der Waals surface area contributed by atoms with Crippen LogP contribution in [0.1, 0.15) is 34.1 Å². The van der Waals surface area contributed by atoms with Crippen molar-refractivity contribution in [3.05, 3.63) is 0 Å². The quantitative estimate of drug-likeness (QED) is 0.791. The Labute approximate surface area is 101 Å². The molecule has 1 fully saturated rings. The normalized spacial score (nSPS) is 22.1. The van der Waals surface area contributed by atoms with E-state index in [-0.39, 0.29) is 11.0 Å². The summed E-state index contributed by atoms with van der Waals surface area (Å²) in [5, 5.41) is 0. The molecular formula is C13H29N3. The zero-order chi connectivity index (χ0) is 12.4. The van der Waals surface area contributed by atoms with E-state index < -0.39 is 0 Å². The second-order valence-corrected chi connectivity index (χ2v) is 6.54. The van der Waals surface area contributed by atoms with Crippen LogP contribution in [0.5, 0.6) is 0 Å². The summed E-state index contributed by atoms with van der Waals surface area (Å²) in [7, 11) is 2.21. The Bertz CT molecular complexity index is 218. The molecule has 1 rings (SSSR count). The highest BCUT2D eigenvalue weighted by Gasteiger charge is 2.35. The van der Waals surface area contributed by atoms with Crippen LogP contribution in [0.2, 0.25) is 0 Å². The fourth-order valence-electron chi connectivity index (χ4n) is 2.02. The molecular weight excluding hydrogens is 198 g/mol. The monoisotopic (exact) mass is 227 g/mol. The van der Waals surface area contributed by atoms with Crippen molar-refractivity contribution in [3.8, 4) is 0 Å². The third-order valence-electron chi connectivity index (χ3n) is 4.18. The number of hydrogen-bond donors (Lipinski definition) is 1. The first-order chi connectivity index (χ1) is 7.22. The number of hydrogen-bond acceptors (Lipinski definition) is 3. The molecule has 1 heterocycles. The predicted octanol–water partition coefficient (Wildman–Crippen LogP) is 1.39. The summed E-state index contributed by atoms with van der Waals surface area (Å²) < 4.78 is 0. The average Bonchev–Trinajstić information content (AvgIpc) is 2.28. The Morgan fingerprint density at radius 2 is 1.62 bits per heavy atom. The molecule has 1 aliphatic rings. The molecule has 2 N–H and O–H groups in total. The Morgan fingerprint density at radius 3 is 2.19 bits per heavy atom. The topological polar surface area (TPSA) is 32.5 Å². The molecule has 0 bridgehead atoms. The van der Waals surface area contributed by atoms with Crippen molar-refractivity contribution < 1.29 is 0 Å². The number of nitrogens with zero attached hydrogens (tertiary/aromatic N) is 2. The molecule has 0 saturated carbocycles. The Hall–Kier alpha value is -0.120. The van der Waals surface area contributed by atoms with Crippen LogP contribution in [0.15, 0.2) is 0 Å². The first-order valence-electron chi connectivity index (χ1n) is 6.42. The van der Waals surface area contributed by atoms with Gasteiger partial charge in [0.25, 0.3) is 0 Å². The van der Waals surface area contributed by atoms with E-state index in [2.05, 4.69) is 44.5 Å². The van der Waals surface area contributed by atoms with Gasteiger partial charge in [0.1, 0.15) is 0 Å². The zero-order valence-corrected chi connectivity index (χ0v) is 11.7. The minimum Gasteiger partial charge on any atom is -0.325 e. The van der Waals surface area contributed by atoms with Crippen molar-refractivity contribution in [2.45, 2.75) is 39.7 Å². The second kappa shape index (κ2) is 5.03. The number of rotatable bonds is 3. The Kier molecular flexibility index (Phi) is 4.38. The third kappa shape index (κ3) is 3.72. The lowest BCUT2D eigenvalue weighted by Crippen LogP contribution is -2.53. The molecule has 1 saturated heterocycles. The van der Waals surface area contributed by atoms with Crippen LogP contribution in [0.4, 0.5) is 0 Å². The minimum absolute atomic E-state index is 0.120. The van der Waals surface area contributed by atoms with Gasteiger partial charge in [0.05, 0.1) is 0 Å². The summed E-state index contributed by atoms with van der Waals surface area (Å²) in [6.07, 6.45) is 1.28. The highest BCUT2D eigenvalue weighted by molar-refractivity contribution is 4.92. The van der Waals surface area contributed by atoms with E-state index in [1.165, 1.54) is 32.6 Å². The number of likely N-dealkylation sites (N-methyl/N-ethyl adjacent to an activating group) is 1. The van der Waals surface area contributed by atoms with Gasteiger partial charge in [0.2, 0.25) is 0 Å². The molecule has 0 spiro atoms. The standard InChI is InChI=1S/C13H29N3/c1-12(2,13(3,4)14)11-16-8-6-7-15(5)9-10-16/h6-11,14H2,1-5H3. The molecule has 96 valence electrons. The highest BCUT2D eigenvalue weighted by Crippen LogP contribution is 2.29. The molecule has 0 aromatic rings. The van der Waals surface area contributed by atoms with Crippen LogP contribution in [-0.4, -0.2) is 55.1 Å². The van der Waals surface area contributed by atoms with Gasteiger partial charge in [-0.1, -0.05) is 13.8 Å². The Morgan fingerprint density at radius 1 is 1.00 bits per heavy atom. The van der Waals surface area contributed by atoms with Crippen LogP contribution in [-0.2, 0) is 0 Å². The second-order valence-electron chi connectivity index (χ2n) is 6.54. The lowest BCUT2D eigenvalue weighted by Gasteiger charge is -2.42. The van der Waals surface area contributed by atoms with E-state index in [1.807, 2.05) is 0 Å². The van der Waals surface area contributed by atoms with E-state index in [4.69, 9.17) is 5.73 Å². The summed E-state index contributed by atoms with van der Waals surface area (Å²) >= 11 is 0. The van der Waals surface area contributed by atoms with E-state index in [0.717, 1.165) is 6.54 Å². The zero-order valence-electron chi connectivity index (χ0n) is 11.7. The lowest BCUT2D eigenvalue weighted by atomic mass is 9.75. The van der Waals surface area contributed by atoms with E-state index in [1.54, 1.807) is 0 Å². The molecule has 0 unspecified atom stereocenters. The van der Waals surface area contributed by atoms with Gasteiger partial charge in [0, 0.05) is 25.2 Å². The van der Waals surface area contributed by atoms with Gasteiger partial charge in [-0.25, -0.2) is 0 Å². The molecule has 0 atom stereocenters. The van der Waals surface area contributed by atoms with Crippen molar-refractivity contribution in [2.75, 3.05) is 39.8 Å². The van der Waals surface area contributed by atoms with Crippen LogP contribution in [0.3, 0.4) is 0 Å². The van der Waals surface area contributed by atoms with Gasteiger partial charge in [-0.05, 0) is 45.8 Å². The maximum Gasteiger partial charge on any atom is 0.0161 e. The molecule has 16 heavy (non-hydrogen) atoms. The molecule has 3 nitrogen and oxygen atoms in total. The van der Waals surface area contributed by atoms with Crippen LogP contribution >= 0.6 is 0 Å². The van der Waals surface area contributed by atoms with E-state index in [0.29, 0.717) is 0 Å². The van der Waals surface area contributed by atoms with Crippen molar-refractivity contribution >= 4 is 0 Å². The maximum atomic E-state index is 6.26. The first-order valence-corrected chi connectivity index (χ1v) is 6.42. The molecule has 0 aromatic heterocycles. The van der Waals surface area contributed by atoms with Crippen LogP contribution < -0.4 is 5.73 Å². The largest absolute Gasteiger partial charge is 0.325 e. The summed E-state index contributed by atoms with van der Waals surface area (Å²) in [6, 6.07) is 0. The summed E-state index contributed by atoms with van der Waals surface area (Å²) in [5.41, 5.74) is 6.30. The van der Waals surface area contributed by atoms with Crippen molar-refractivity contribution in [1.82, 2.24) is 9.80 Å². The molecule has 3 heteroatoms. The van der Waals surface area contributed by atoms with Gasteiger partial charge in [0.15, 0.2) is 0 Å². The fourth-order valence-corrected chi connectivity index (χ4v) is 2.02. The van der Waals surface area contributed by atoms with Crippen molar-refractivity contribution in [1.29, 1.82) is 0 Å².